The molecule has 0 unspecified atom stereocenters. The molecule has 0 saturated heterocycles. The van der Waals surface area contributed by atoms with Crippen molar-refractivity contribution in [2.24, 2.45) is 0 Å². The molecule has 0 radical (unpaired) electrons. The normalized spacial score (nSPS) is 11.6. The average Bonchev–Trinajstić information content (AvgIpc) is 2.95. The van der Waals surface area contributed by atoms with Gasteiger partial charge in [-0.05, 0) is 0 Å². The first-order valence-corrected chi connectivity index (χ1v) is 7.35. The van der Waals surface area contributed by atoms with E-state index >= 15 is 0 Å². The third-order valence-corrected chi connectivity index (χ3v) is 5.21. The van der Waals surface area contributed by atoms with Crippen LogP contribution in [-0.2, 0) is 16.6 Å². The molecule has 0 aliphatic heterocycles. The number of nitro groups is 1. The second-order valence-corrected chi connectivity index (χ2v) is 6.89. The molecular formula is C7H6ClN5O4S2. The first-order valence-electron chi connectivity index (χ1n) is 4.68. The molecule has 0 bridgehead atoms. The number of halogens is 1. The number of H-pyrrole nitrogens is 1. The van der Waals surface area contributed by atoms with Crippen molar-refractivity contribution in [1.29, 1.82) is 0 Å². The summed E-state index contributed by atoms with van der Waals surface area (Å²) in [6, 6.07) is 0.912. The number of nitrogens with one attached hydrogen (secondary N) is 2. The van der Waals surface area contributed by atoms with Crippen LogP contribution in [0, 0.1) is 10.1 Å². The molecule has 2 N–H and O–H groups in total. The molecule has 102 valence electrons. The summed E-state index contributed by atoms with van der Waals surface area (Å²) >= 11 is 6.22. The molecule has 0 saturated carbocycles. The molecule has 0 aromatic carbocycles. The Morgan fingerprint density at radius 3 is 2.84 bits per heavy atom. The van der Waals surface area contributed by atoms with Crippen LogP contribution < -0.4 is 4.72 Å². The van der Waals surface area contributed by atoms with E-state index in [2.05, 4.69) is 19.9 Å². The second kappa shape index (κ2) is 5.21. The van der Waals surface area contributed by atoms with E-state index in [1.165, 1.54) is 6.33 Å². The van der Waals surface area contributed by atoms with Crippen LogP contribution in [0.4, 0.5) is 5.69 Å². The fraction of sp³-hybridized carbons (Fsp3) is 0.143. The molecule has 9 nitrogen and oxygen atoms in total. The lowest BCUT2D eigenvalue weighted by Gasteiger charge is -2.01. The Labute approximate surface area is 115 Å². The minimum atomic E-state index is -3.88. The van der Waals surface area contributed by atoms with E-state index < -0.39 is 20.6 Å². The number of hydrogen-bond acceptors (Lipinski definition) is 7. The third kappa shape index (κ3) is 3.07. The quantitative estimate of drug-likeness (QED) is 0.621. The van der Waals surface area contributed by atoms with Crippen molar-refractivity contribution in [3.63, 3.8) is 0 Å². The van der Waals surface area contributed by atoms with Gasteiger partial charge in [-0.2, -0.15) is 5.10 Å². The summed E-state index contributed by atoms with van der Waals surface area (Å²) in [5, 5.41) is 16.6. The Hall–Kier alpha value is -1.56. The summed E-state index contributed by atoms with van der Waals surface area (Å²) < 4.78 is 25.5. The van der Waals surface area contributed by atoms with Crippen molar-refractivity contribution in [3.05, 3.63) is 32.7 Å². The van der Waals surface area contributed by atoms with Gasteiger partial charge < -0.3 is 0 Å². The lowest BCUT2D eigenvalue weighted by molar-refractivity contribution is -0.384. The first-order chi connectivity index (χ1) is 8.90. The molecule has 0 spiro atoms. The van der Waals surface area contributed by atoms with Crippen LogP contribution in [0.25, 0.3) is 0 Å². The highest BCUT2D eigenvalue weighted by molar-refractivity contribution is 7.91. The van der Waals surface area contributed by atoms with Gasteiger partial charge in [0.2, 0.25) is 0 Å². The zero-order valence-electron chi connectivity index (χ0n) is 9.03. The van der Waals surface area contributed by atoms with Crippen molar-refractivity contribution in [1.82, 2.24) is 19.9 Å². The van der Waals surface area contributed by atoms with Crippen LogP contribution in [0.1, 0.15) is 5.82 Å². The molecule has 0 aliphatic carbocycles. The zero-order chi connectivity index (χ0) is 14.0. The van der Waals surface area contributed by atoms with Crippen molar-refractivity contribution in [2.75, 3.05) is 0 Å². The van der Waals surface area contributed by atoms with Gasteiger partial charge in [-0.25, -0.2) is 18.1 Å². The Balaban J connectivity index is 2.20. The molecule has 0 fully saturated rings. The maximum atomic E-state index is 11.9. The highest BCUT2D eigenvalue weighted by Crippen LogP contribution is 2.36. The van der Waals surface area contributed by atoms with E-state index in [1.807, 2.05) is 0 Å². The Morgan fingerprint density at radius 1 is 1.58 bits per heavy atom. The van der Waals surface area contributed by atoms with Crippen LogP contribution in [0.3, 0.4) is 0 Å². The molecule has 19 heavy (non-hydrogen) atoms. The molecule has 0 atom stereocenters. The number of aromatic nitrogens is 3. The van der Waals surface area contributed by atoms with Crippen molar-refractivity contribution in [2.45, 2.75) is 10.8 Å². The van der Waals surface area contributed by atoms with Gasteiger partial charge in [0.25, 0.3) is 15.7 Å². The Bertz CT molecular complexity index is 695. The molecule has 2 aromatic heterocycles. The van der Waals surface area contributed by atoms with E-state index in [0.717, 1.165) is 6.07 Å². The predicted octanol–water partition coefficient (Wildman–Crippen LogP) is 0.906. The highest BCUT2D eigenvalue weighted by Gasteiger charge is 2.25. The minimum absolute atomic E-state index is 0.106. The number of nitrogens with zero attached hydrogens (tertiary/aromatic N) is 3. The van der Waals surface area contributed by atoms with E-state index in [4.69, 9.17) is 11.6 Å². The van der Waals surface area contributed by atoms with Gasteiger partial charge in [0.15, 0.2) is 4.34 Å². The molecule has 2 rings (SSSR count). The smallest absolute Gasteiger partial charge is 0.262 e. The van der Waals surface area contributed by atoms with Gasteiger partial charge in [-0.1, -0.05) is 11.6 Å². The summed E-state index contributed by atoms with van der Waals surface area (Å²) in [5.41, 5.74) is -0.438. The number of thiophene rings is 1. The van der Waals surface area contributed by atoms with Crippen LogP contribution in [0.5, 0.6) is 0 Å². The number of sulfonamides is 1. The summed E-state index contributed by atoms with van der Waals surface area (Å²) in [5.74, 6) is 0.320. The van der Waals surface area contributed by atoms with Crippen molar-refractivity contribution >= 4 is 38.6 Å². The Kier molecular flexibility index (Phi) is 3.80. The molecule has 0 aliphatic rings. The van der Waals surface area contributed by atoms with Gasteiger partial charge in [-0.15, -0.1) is 11.3 Å². The largest absolute Gasteiger partial charge is 0.300 e. The van der Waals surface area contributed by atoms with Gasteiger partial charge in [0.05, 0.1) is 11.5 Å². The molecule has 2 heterocycles. The standard InChI is InChI=1S/C7H6ClN5O4S2/c8-7-4(13(14)15)1-6(18-7)19(16,17)11-2-5-9-3-10-12-5/h1,3,11H,2H2,(H,9,10,12). The summed E-state index contributed by atoms with van der Waals surface area (Å²) in [6.07, 6.45) is 1.23. The van der Waals surface area contributed by atoms with E-state index in [1.54, 1.807) is 0 Å². The summed E-state index contributed by atoms with van der Waals surface area (Å²) in [6.45, 7) is -0.106. The lowest BCUT2D eigenvalue weighted by Crippen LogP contribution is -2.23. The van der Waals surface area contributed by atoms with Crippen molar-refractivity contribution in [3.8, 4) is 0 Å². The van der Waals surface area contributed by atoms with Gasteiger partial charge in [-0.3, -0.25) is 15.2 Å². The second-order valence-electron chi connectivity index (χ2n) is 3.24. The van der Waals surface area contributed by atoms with Crippen LogP contribution in [0.15, 0.2) is 16.6 Å². The maximum Gasteiger partial charge on any atom is 0.300 e. The van der Waals surface area contributed by atoms with Crippen LogP contribution in [0.2, 0.25) is 4.34 Å². The fourth-order valence-electron chi connectivity index (χ4n) is 1.15. The number of aromatic amines is 1. The van der Waals surface area contributed by atoms with Crippen LogP contribution in [-0.4, -0.2) is 28.5 Å². The van der Waals surface area contributed by atoms with Crippen molar-refractivity contribution < 1.29 is 13.3 Å². The van der Waals surface area contributed by atoms with Gasteiger partial charge >= 0.3 is 0 Å². The molecule has 12 heteroatoms. The monoisotopic (exact) mass is 323 g/mol. The van der Waals surface area contributed by atoms with Gasteiger partial charge in [0.1, 0.15) is 16.4 Å². The maximum absolute atomic E-state index is 11.9. The molecular weight excluding hydrogens is 318 g/mol. The van der Waals surface area contributed by atoms with E-state index in [0.29, 0.717) is 17.2 Å². The number of rotatable bonds is 5. The molecule has 2 aromatic rings. The van der Waals surface area contributed by atoms with E-state index in [-0.39, 0.29) is 15.1 Å². The first kappa shape index (κ1) is 13.9. The average molecular weight is 324 g/mol. The van der Waals surface area contributed by atoms with E-state index in [9.17, 15) is 18.5 Å². The topological polar surface area (TPSA) is 131 Å². The minimum Gasteiger partial charge on any atom is -0.262 e. The lowest BCUT2D eigenvalue weighted by atomic mass is 10.6. The highest BCUT2D eigenvalue weighted by atomic mass is 35.5. The zero-order valence-corrected chi connectivity index (χ0v) is 11.4. The molecule has 0 amide bonds. The van der Waals surface area contributed by atoms with Crippen LogP contribution >= 0.6 is 22.9 Å². The summed E-state index contributed by atoms with van der Waals surface area (Å²) in [4.78, 5) is 13.6. The predicted molar refractivity (Wildman–Crippen MR) is 66.4 cm³/mol. The summed E-state index contributed by atoms with van der Waals surface area (Å²) in [7, 11) is -3.88. The number of hydrogen-bond donors (Lipinski definition) is 2. The fourth-order valence-corrected chi connectivity index (χ4v) is 3.84. The van der Waals surface area contributed by atoms with Gasteiger partial charge in [0, 0.05) is 6.07 Å². The Morgan fingerprint density at radius 2 is 2.32 bits per heavy atom. The SMILES string of the molecule is O=[N+]([O-])c1cc(S(=O)(=O)NCc2ncn[nH]2)sc1Cl. The third-order valence-electron chi connectivity index (χ3n) is 2.00.